The molecule has 1 fully saturated rings. The molecule has 0 amide bonds. The molecule has 1 rings (SSSR count). The van der Waals surface area contributed by atoms with Gasteiger partial charge in [-0.05, 0) is 19.8 Å². The number of hydrogen-bond donors (Lipinski definition) is 2. The number of nitrogens with two attached hydrogens (primary N) is 1. The van der Waals surface area contributed by atoms with Crippen LogP contribution in [0.5, 0.6) is 0 Å². The normalized spacial score (nSPS) is 29.6. The summed E-state index contributed by atoms with van der Waals surface area (Å²) in [5.41, 5.74) is 4.91. The highest BCUT2D eigenvalue weighted by Crippen LogP contribution is 2.36. The molecule has 2 heteroatoms. The minimum absolute atomic E-state index is 0.0347. The number of aliphatic hydroxyl groups is 1. The topological polar surface area (TPSA) is 46.2 Å². The van der Waals surface area contributed by atoms with Crippen molar-refractivity contribution in [3.8, 4) is 0 Å². The van der Waals surface area contributed by atoms with Crippen molar-refractivity contribution in [2.45, 2.75) is 31.4 Å². The molecule has 0 saturated heterocycles. The Morgan fingerprint density at radius 2 is 2.14 bits per heavy atom. The van der Waals surface area contributed by atoms with E-state index >= 15 is 0 Å². The zero-order valence-corrected chi connectivity index (χ0v) is 4.52. The van der Waals surface area contributed by atoms with E-state index in [1.165, 1.54) is 0 Å². The van der Waals surface area contributed by atoms with Crippen LogP contribution in [0.2, 0.25) is 0 Å². The second-order valence-electron chi connectivity index (χ2n) is 2.39. The van der Waals surface area contributed by atoms with Crippen LogP contribution in [0.4, 0.5) is 0 Å². The summed E-state index contributed by atoms with van der Waals surface area (Å²) >= 11 is 0. The van der Waals surface area contributed by atoms with E-state index in [1.54, 1.807) is 0 Å². The van der Waals surface area contributed by atoms with E-state index in [9.17, 15) is 0 Å². The summed E-state index contributed by atoms with van der Waals surface area (Å²) in [6.45, 7) is 1.84. The molecule has 0 bridgehead atoms. The number of rotatable bonds is 1. The monoisotopic (exact) mass is 101 g/mol. The third kappa shape index (κ3) is 0.763. The van der Waals surface area contributed by atoms with Crippen molar-refractivity contribution in [1.82, 2.24) is 0 Å². The minimum atomic E-state index is -0.472. The molecule has 0 aromatic carbocycles. The first-order chi connectivity index (χ1) is 3.15. The van der Waals surface area contributed by atoms with E-state index in [-0.39, 0.29) is 6.04 Å². The molecule has 1 saturated carbocycles. The summed E-state index contributed by atoms with van der Waals surface area (Å²) < 4.78 is 0. The summed E-state index contributed by atoms with van der Waals surface area (Å²) in [5, 5.41) is 9.08. The van der Waals surface area contributed by atoms with E-state index in [0.717, 1.165) is 12.8 Å². The van der Waals surface area contributed by atoms with Gasteiger partial charge in [-0.2, -0.15) is 0 Å². The van der Waals surface area contributed by atoms with E-state index in [4.69, 9.17) is 10.8 Å². The highest BCUT2D eigenvalue weighted by atomic mass is 16.3. The molecule has 0 aromatic heterocycles. The summed E-state index contributed by atoms with van der Waals surface area (Å²) in [4.78, 5) is 0. The fraction of sp³-hybridized carbons (Fsp3) is 1.00. The maximum atomic E-state index is 9.08. The largest absolute Gasteiger partial charge is 0.388 e. The van der Waals surface area contributed by atoms with Crippen molar-refractivity contribution in [2.24, 2.45) is 5.73 Å². The maximum absolute atomic E-state index is 9.08. The summed E-state index contributed by atoms with van der Waals surface area (Å²) in [6.07, 6.45) is 1.79. The van der Waals surface area contributed by atoms with Gasteiger partial charge in [0, 0.05) is 6.04 Å². The summed E-state index contributed by atoms with van der Waals surface area (Å²) in [6, 6.07) is -0.0347. The van der Waals surface area contributed by atoms with E-state index in [1.807, 2.05) is 6.92 Å². The first-order valence-electron chi connectivity index (χ1n) is 2.63. The first-order valence-corrected chi connectivity index (χ1v) is 2.63. The highest BCUT2D eigenvalue weighted by Gasteiger charge is 2.43. The van der Waals surface area contributed by atoms with Crippen LogP contribution in [0.25, 0.3) is 0 Å². The smallest absolute Gasteiger partial charge is 0.0797 e. The standard InChI is InChI=1S/C5H11NO/c1-4(6)5(7)2-3-5/h4,7H,2-3,6H2,1H3. The lowest BCUT2D eigenvalue weighted by Crippen LogP contribution is -2.32. The molecule has 1 aliphatic carbocycles. The van der Waals surface area contributed by atoms with Crippen LogP contribution in [0, 0.1) is 0 Å². The summed E-state index contributed by atoms with van der Waals surface area (Å²) in [5.74, 6) is 0. The van der Waals surface area contributed by atoms with Crippen LogP contribution >= 0.6 is 0 Å². The zero-order chi connectivity index (χ0) is 5.49. The van der Waals surface area contributed by atoms with Gasteiger partial charge >= 0.3 is 0 Å². The minimum Gasteiger partial charge on any atom is -0.388 e. The average Bonchev–Trinajstić information content (AvgIpc) is 2.21. The third-order valence-electron chi connectivity index (χ3n) is 1.61. The van der Waals surface area contributed by atoms with Crippen LogP contribution in [-0.2, 0) is 0 Å². The van der Waals surface area contributed by atoms with Gasteiger partial charge in [0.2, 0.25) is 0 Å². The molecule has 1 unspecified atom stereocenters. The molecule has 1 atom stereocenters. The van der Waals surface area contributed by atoms with Crippen molar-refractivity contribution in [3.63, 3.8) is 0 Å². The maximum Gasteiger partial charge on any atom is 0.0797 e. The van der Waals surface area contributed by atoms with Crippen LogP contribution < -0.4 is 5.73 Å². The Balaban J connectivity index is 2.39. The van der Waals surface area contributed by atoms with Gasteiger partial charge in [-0.15, -0.1) is 0 Å². The third-order valence-corrected chi connectivity index (χ3v) is 1.61. The van der Waals surface area contributed by atoms with Crippen molar-refractivity contribution >= 4 is 0 Å². The molecule has 0 aliphatic heterocycles. The molecule has 0 aromatic rings. The zero-order valence-electron chi connectivity index (χ0n) is 4.52. The molecule has 0 heterocycles. The molecule has 2 nitrogen and oxygen atoms in total. The van der Waals surface area contributed by atoms with Gasteiger partial charge in [0.1, 0.15) is 0 Å². The van der Waals surface area contributed by atoms with Gasteiger partial charge in [0.25, 0.3) is 0 Å². The quantitative estimate of drug-likeness (QED) is 0.483. The lowest BCUT2D eigenvalue weighted by Gasteiger charge is -2.09. The van der Waals surface area contributed by atoms with Crippen molar-refractivity contribution in [1.29, 1.82) is 0 Å². The van der Waals surface area contributed by atoms with Gasteiger partial charge in [-0.25, -0.2) is 0 Å². The molecule has 7 heavy (non-hydrogen) atoms. The fourth-order valence-electron chi connectivity index (χ4n) is 0.583. The van der Waals surface area contributed by atoms with Crippen LogP contribution in [0.15, 0.2) is 0 Å². The molecule has 0 spiro atoms. The molecule has 42 valence electrons. The van der Waals surface area contributed by atoms with Gasteiger partial charge < -0.3 is 10.8 Å². The van der Waals surface area contributed by atoms with E-state index in [2.05, 4.69) is 0 Å². The van der Waals surface area contributed by atoms with Crippen molar-refractivity contribution in [3.05, 3.63) is 0 Å². The molecule has 3 N–H and O–H groups in total. The van der Waals surface area contributed by atoms with Crippen LogP contribution in [0.3, 0.4) is 0 Å². The SMILES string of the molecule is CC(N)C1(O)CC1. The Bertz CT molecular complexity index is 76.1. The predicted molar refractivity (Wildman–Crippen MR) is 27.8 cm³/mol. The number of hydrogen-bond acceptors (Lipinski definition) is 2. The Kier molecular flexibility index (Phi) is 0.869. The van der Waals surface area contributed by atoms with Crippen LogP contribution in [0.1, 0.15) is 19.8 Å². The van der Waals surface area contributed by atoms with E-state index < -0.39 is 5.60 Å². The lowest BCUT2D eigenvalue weighted by atomic mass is 10.2. The summed E-state index contributed by atoms with van der Waals surface area (Å²) in [7, 11) is 0. The highest BCUT2D eigenvalue weighted by molar-refractivity contribution is 4.99. The Labute approximate surface area is 43.3 Å². The second kappa shape index (κ2) is 1.20. The fourth-order valence-corrected chi connectivity index (χ4v) is 0.583. The van der Waals surface area contributed by atoms with Crippen LogP contribution in [-0.4, -0.2) is 16.7 Å². The van der Waals surface area contributed by atoms with Gasteiger partial charge in [0.15, 0.2) is 0 Å². The molecular formula is C5H11NO. The Morgan fingerprint density at radius 3 is 2.14 bits per heavy atom. The molecule has 0 radical (unpaired) electrons. The molecule has 1 aliphatic rings. The van der Waals surface area contributed by atoms with Gasteiger partial charge in [-0.3, -0.25) is 0 Å². The average molecular weight is 101 g/mol. The first kappa shape index (κ1) is 5.06. The predicted octanol–water partition coefficient (Wildman–Crippen LogP) is -0.142. The molecular weight excluding hydrogens is 90.1 g/mol. The van der Waals surface area contributed by atoms with E-state index in [0.29, 0.717) is 0 Å². The Hall–Kier alpha value is -0.0800. The van der Waals surface area contributed by atoms with Crippen molar-refractivity contribution in [2.75, 3.05) is 0 Å². The van der Waals surface area contributed by atoms with Gasteiger partial charge in [-0.1, -0.05) is 0 Å². The lowest BCUT2D eigenvalue weighted by molar-refractivity contribution is 0.126. The van der Waals surface area contributed by atoms with Crippen molar-refractivity contribution < 1.29 is 5.11 Å². The Morgan fingerprint density at radius 1 is 1.71 bits per heavy atom. The van der Waals surface area contributed by atoms with Gasteiger partial charge in [0.05, 0.1) is 5.60 Å². The second-order valence-corrected chi connectivity index (χ2v) is 2.39.